The van der Waals surface area contributed by atoms with Crippen LogP contribution in [0.15, 0.2) is 0 Å². The van der Waals surface area contributed by atoms with Crippen molar-refractivity contribution in [2.75, 3.05) is 6.54 Å². The SMILES string of the molecule is NCC1CCCC1C(=O)N[C@H](CCCC(=O)O)C(=O)O. The molecule has 0 aromatic carbocycles. The van der Waals surface area contributed by atoms with E-state index in [1.54, 1.807) is 0 Å². The first kappa shape index (κ1) is 16.4. The lowest BCUT2D eigenvalue weighted by molar-refractivity contribution is -0.143. The maximum Gasteiger partial charge on any atom is 0.326 e. The summed E-state index contributed by atoms with van der Waals surface area (Å²) in [6.07, 6.45) is 2.79. The first-order chi connectivity index (χ1) is 9.45. The van der Waals surface area contributed by atoms with Crippen LogP contribution < -0.4 is 11.1 Å². The van der Waals surface area contributed by atoms with E-state index in [-0.39, 0.29) is 37.0 Å². The molecule has 0 heterocycles. The molecule has 114 valence electrons. The molecule has 0 aliphatic heterocycles. The minimum Gasteiger partial charge on any atom is -0.481 e. The standard InChI is InChI=1S/C13H22N2O5/c14-7-8-3-1-4-9(8)12(18)15-10(13(19)20)5-2-6-11(16)17/h8-10H,1-7,14H2,(H,15,18)(H,16,17)(H,19,20)/t8?,9?,10-/m1/s1. The maximum atomic E-state index is 12.1. The highest BCUT2D eigenvalue weighted by Crippen LogP contribution is 2.31. The minimum atomic E-state index is -1.13. The summed E-state index contributed by atoms with van der Waals surface area (Å²) in [4.78, 5) is 33.6. The molecule has 1 saturated carbocycles. The number of nitrogens with two attached hydrogens (primary N) is 1. The van der Waals surface area contributed by atoms with E-state index in [2.05, 4.69) is 5.32 Å². The number of carboxylic acids is 2. The number of rotatable bonds is 8. The largest absolute Gasteiger partial charge is 0.481 e. The normalized spacial score (nSPS) is 23.2. The Hall–Kier alpha value is -1.63. The molecule has 7 nitrogen and oxygen atoms in total. The molecule has 1 aliphatic rings. The van der Waals surface area contributed by atoms with Crippen molar-refractivity contribution in [3.63, 3.8) is 0 Å². The predicted octanol–water partition coefficient (Wildman–Crippen LogP) is 0.186. The van der Waals surface area contributed by atoms with Crippen LogP contribution in [0, 0.1) is 11.8 Å². The van der Waals surface area contributed by atoms with Gasteiger partial charge in [0.2, 0.25) is 5.91 Å². The Balaban J connectivity index is 2.50. The third-order valence-electron chi connectivity index (χ3n) is 3.80. The summed E-state index contributed by atoms with van der Waals surface area (Å²) in [5.74, 6) is -2.49. The molecule has 1 aliphatic carbocycles. The number of nitrogens with one attached hydrogen (secondary N) is 1. The number of amides is 1. The van der Waals surface area contributed by atoms with Crippen LogP contribution in [0.4, 0.5) is 0 Å². The van der Waals surface area contributed by atoms with Crippen molar-refractivity contribution in [1.82, 2.24) is 5.32 Å². The Bertz CT molecular complexity index is 372. The van der Waals surface area contributed by atoms with Crippen LogP contribution in [-0.4, -0.2) is 40.6 Å². The average Bonchev–Trinajstić information content (AvgIpc) is 2.85. The van der Waals surface area contributed by atoms with Gasteiger partial charge in [-0.3, -0.25) is 9.59 Å². The van der Waals surface area contributed by atoms with Gasteiger partial charge in [-0.15, -0.1) is 0 Å². The van der Waals surface area contributed by atoms with Crippen molar-refractivity contribution in [2.45, 2.75) is 44.6 Å². The van der Waals surface area contributed by atoms with Gasteiger partial charge in [-0.25, -0.2) is 4.79 Å². The molecule has 7 heteroatoms. The quantitative estimate of drug-likeness (QED) is 0.504. The Labute approximate surface area is 117 Å². The number of carbonyl (C=O) groups excluding carboxylic acids is 1. The van der Waals surface area contributed by atoms with Crippen molar-refractivity contribution in [1.29, 1.82) is 0 Å². The molecule has 0 radical (unpaired) electrons. The van der Waals surface area contributed by atoms with Gasteiger partial charge in [0.25, 0.3) is 0 Å². The van der Waals surface area contributed by atoms with E-state index in [1.807, 2.05) is 0 Å². The lowest BCUT2D eigenvalue weighted by Gasteiger charge is -2.20. The fourth-order valence-electron chi connectivity index (χ4n) is 2.66. The minimum absolute atomic E-state index is 0.103. The summed E-state index contributed by atoms with van der Waals surface area (Å²) in [5.41, 5.74) is 5.60. The highest BCUT2D eigenvalue weighted by atomic mass is 16.4. The predicted molar refractivity (Wildman–Crippen MR) is 70.9 cm³/mol. The summed E-state index contributed by atoms with van der Waals surface area (Å²) in [6.45, 7) is 0.425. The molecule has 0 bridgehead atoms. The molecular weight excluding hydrogens is 264 g/mol. The Kier molecular flexibility index (Phi) is 6.44. The summed E-state index contributed by atoms with van der Waals surface area (Å²) >= 11 is 0. The number of hydrogen-bond donors (Lipinski definition) is 4. The first-order valence-electron chi connectivity index (χ1n) is 6.90. The maximum absolute atomic E-state index is 12.1. The van der Waals surface area contributed by atoms with Crippen molar-refractivity contribution >= 4 is 17.8 Å². The van der Waals surface area contributed by atoms with E-state index in [4.69, 9.17) is 15.9 Å². The van der Waals surface area contributed by atoms with Crippen LogP contribution >= 0.6 is 0 Å². The lowest BCUT2D eigenvalue weighted by atomic mass is 9.95. The summed E-state index contributed by atoms with van der Waals surface area (Å²) in [5, 5.41) is 20.1. The summed E-state index contributed by atoms with van der Waals surface area (Å²) in [7, 11) is 0. The van der Waals surface area contributed by atoms with Crippen LogP contribution in [-0.2, 0) is 14.4 Å². The summed E-state index contributed by atoms with van der Waals surface area (Å²) < 4.78 is 0. The molecule has 5 N–H and O–H groups in total. The van der Waals surface area contributed by atoms with Gasteiger partial charge < -0.3 is 21.3 Å². The molecule has 0 aromatic heterocycles. The van der Waals surface area contributed by atoms with Gasteiger partial charge in [-0.2, -0.15) is 0 Å². The highest BCUT2D eigenvalue weighted by molar-refractivity contribution is 5.85. The molecule has 1 fully saturated rings. The molecule has 1 rings (SSSR count). The van der Waals surface area contributed by atoms with Crippen molar-refractivity contribution in [3.8, 4) is 0 Å². The van der Waals surface area contributed by atoms with Crippen LogP contribution in [0.2, 0.25) is 0 Å². The van der Waals surface area contributed by atoms with E-state index in [0.717, 1.165) is 19.3 Å². The Morgan fingerprint density at radius 1 is 1.25 bits per heavy atom. The molecular formula is C13H22N2O5. The second kappa shape index (κ2) is 7.84. The number of hydrogen-bond acceptors (Lipinski definition) is 4. The molecule has 1 amide bonds. The Morgan fingerprint density at radius 3 is 2.50 bits per heavy atom. The van der Waals surface area contributed by atoms with Crippen molar-refractivity contribution in [3.05, 3.63) is 0 Å². The molecule has 0 aromatic rings. The van der Waals surface area contributed by atoms with Gasteiger partial charge in [0.05, 0.1) is 0 Å². The van der Waals surface area contributed by atoms with Crippen molar-refractivity contribution < 1.29 is 24.6 Å². The fourth-order valence-corrected chi connectivity index (χ4v) is 2.66. The van der Waals surface area contributed by atoms with E-state index < -0.39 is 18.0 Å². The molecule has 0 saturated heterocycles. The van der Waals surface area contributed by atoms with E-state index >= 15 is 0 Å². The first-order valence-corrected chi connectivity index (χ1v) is 6.90. The smallest absolute Gasteiger partial charge is 0.326 e. The third kappa shape index (κ3) is 4.80. The topological polar surface area (TPSA) is 130 Å². The van der Waals surface area contributed by atoms with Gasteiger partial charge in [0, 0.05) is 12.3 Å². The van der Waals surface area contributed by atoms with Crippen LogP contribution in [0.1, 0.15) is 38.5 Å². The van der Waals surface area contributed by atoms with Gasteiger partial charge in [-0.05, 0) is 38.1 Å². The van der Waals surface area contributed by atoms with Gasteiger partial charge in [0.1, 0.15) is 6.04 Å². The molecule has 2 unspecified atom stereocenters. The van der Waals surface area contributed by atoms with Gasteiger partial charge >= 0.3 is 11.9 Å². The lowest BCUT2D eigenvalue weighted by Crippen LogP contribution is -2.45. The molecule has 3 atom stereocenters. The third-order valence-corrected chi connectivity index (χ3v) is 3.80. The number of carbonyl (C=O) groups is 3. The van der Waals surface area contributed by atoms with E-state index in [9.17, 15) is 14.4 Å². The monoisotopic (exact) mass is 286 g/mol. The highest BCUT2D eigenvalue weighted by Gasteiger charge is 2.33. The van der Waals surface area contributed by atoms with E-state index in [1.165, 1.54) is 0 Å². The second-order valence-corrected chi connectivity index (χ2v) is 5.22. The average molecular weight is 286 g/mol. The zero-order valence-electron chi connectivity index (χ0n) is 11.4. The fraction of sp³-hybridized carbons (Fsp3) is 0.769. The van der Waals surface area contributed by atoms with Crippen LogP contribution in [0.3, 0.4) is 0 Å². The Morgan fingerprint density at radius 2 is 1.95 bits per heavy atom. The zero-order chi connectivity index (χ0) is 15.1. The van der Waals surface area contributed by atoms with E-state index in [0.29, 0.717) is 6.54 Å². The molecule has 0 spiro atoms. The van der Waals surface area contributed by atoms with Gasteiger partial charge in [0.15, 0.2) is 0 Å². The van der Waals surface area contributed by atoms with Crippen LogP contribution in [0.25, 0.3) is 0 Å². The van der Waals surface area contributed by atoms with Gasteiger partial charge in [-0.1, -0.05) is 6.42 Å². The molecule has 20 heavy (non-hydrogen) atoms. The van der Waals surface area contributed by atoms with Crippen LogP contribution in [0.5, 0.6) is 0 Å². The number of carboxylic acid groups (broad SMARTS) is 2. The summed E-state index contributed by atoms with van der Waals surface area (Å²) in [6, 6.07) is -1.03. The van der Waals surface area contributed by atoms with Crippen molar-refractivity contribution in [2.24, 2.45) is 17.6 Å². The second-order valence-electron chi connectivity index (χ2n) is 5.22. The number of aliphatic carboxylic acids is 2. The zero-order valence-corrected chi connectivity index (χ0v) is 11.4.